The van der Waals surface area contributed by atoms with Crippen molar-refractivity contribution < 1.29 is 9.53 Å². The van der Waals surface area contributed by atoms with Gasteiger partial charge in [0.25, 0.3) is 5.91 Å². The second kappa shape index (κ2) is 7.72. The van der Waals surface area contributed by atoms with Crippen LogP contribution in [0.1, 0.15) is 34.9 Å². The molecule has 1 fully saturated rings. The third kappa shape index (κ3) is 3.55. The van der Waals surface area contributed by atoms with E-state index in [2.05, 4.69) is 10.1 Å². The Kier molecular flexibility index (Phi) is 4.97. The summed E-state index contributed by atoms with van der Waals surface area (Å²) in [5, 5.41) is 4.50. The lowest BCUT2D eigenvalue weighted by atomic mass is 9.97. The molecule has 0 aliphatic carbocycles. The molecule has 1 aromatic heterocycles. The van der Waals surface area contributed by atoms with Crippen molar-refractivity contribution in [1.82, 2.24) is 19.7 Å². The van der Waals surface area contributed by atoms with Gasteiger partial charge in [-0.25, -0.2) is 4.79 Å². The molecule has 7 nitrogen and oxygen atoms in total. The zero-order valence-electron chi connectivity index (χ0n) is 15.7. The first-order chi connectivity index (χ1) is 13.7. The van der Waals surface area contributed by atoms with Crippen LogP contribution in [-0.2, 0) is 0 Å². The van der Waals surface area contributed by atoms with Gasteiger partial charge in [-0.1, -0.05) is 18.2 Å². The summed E-state index contributed by atoms with van der Waals surface area (Å²) in [4.78, 5) is 29.9. The lowest BCUT2D eigenvalue weighted by Crippen LogP contribution is -2.39. The number of H-pyrrole nitrogens is 1. The van der Waals surface area contributed by atoms with E-state index >= 15 is 0 Å². The molecule has 28 heavy (non-hydrogen) atoms. The van der Waals surface area contributed by atoms with Crippen molar-refractivity contribution >= 4 is 5.91 Å². The van der Waals surface area contributed by atoms with E-state index in [9.17, 15) is 9.59 Å². The van der Waals surface area contributed by atoms with Gasteiger partial charge in [0, 0.05) is 24.6 Å². The molecule has 0 radical (unpaired) electrons. The summed E-state index contributed by atoms with van der Waals surface area (Å²) in [6.07, 6.45) is 1.76. The smallest absolute Gasteiger partial charge is 0.348 e. The molecule has 2 aromatic carbocycles. The monoisotopic (exact) mass is 378 g/mol. The number of hydrogen-bond donors (Lipinski definition) is 1. The molecule has 1 aliphatic heterocycles. The number of likely N-dealkylation sites (tertiary alicyclic amines) is 1. The fourth-order valence-electron chi connectivity index (χ4n) is 3.57. The second-order valence-electron chi connectivity index (χ2n) is 6.88. The van der Waals surface area contributed by atoms with E-state index in [0.717, 1.165) is 18.6 Å². The van der Waals surface area contributed by atoms with Crippen molar-refractivity contribution in [1.29, 1.82) is 0 Å². The molecule has 7 heteroatoms. The molecular formula is C21H22N4O3. The Balaban J connectivity index is 1.54. The Morgan fingerprint density at radius 2 is 1.89 bits per heavy atom. The van der Waals surface area contributed by atoms with Crippen molar-refractivity contribution in [2.45, 2.75) is 18.8 Å². The van der Waals surface area contributed by atoms with Gasteiger partial charge in [0.1, 0.15) is 11.6 Å². The number of benzene rings is 2. The minimum Gasteiger partial charge on any atom is -0.497 e. The molecule has 144 valence electrons. The quantitative estimate of drug-likeness (QED) is 0.757. The number of amides is 1. The van der Waals surface area contributed by atoms with Crippen molar-refractivity contribution in [2.24, 2.45) is 0 Å². The van der Waals surface area contributed by atoms with Crippen LogP contribution in [0.4, 0.5) is 0 Å². The molecule has 1 aliphatic rings. The zero-order valence-corrected chi connectivity index (χ0v) is 15.7. The third-order valence-corrected chi connectivity index (χ3v) is 5.07. The summed E-state index contributed by atoms with van der Waals surface area (Å²) in [5.41, 5.74) is 1.06. The van der Waals surface area contributed by atoms with Gasteiger partial charge in [0.15, 0.2) is 0 Å². The van der Waals surface area contributed by atoms with Gasteiger partial charge in [-0.15, -0.1) is 5.10 Å². The Labute approximate surface area is 162 Å². The van der Waals surface area contributed by atoms with E-state index in [1.54, 1.807) is 31.4 Å². The first-order valence-corrected chi connectivity index (χ1v) is 9.33. The van der Waals surface area contributed by atoms with Gasteiger partial charge >= 0.3 is 5.69 Å². The van der Waals surface area contributed by atoms with Crippen LogP contribution in [0.2, 0.25) is 0 Å². The Bertz CT molecular complexity index is 1010. The average molecular weight is 378 g/mol. The van der Waals surface area contributed by atoms with Crippen LogP contribution >= 0.6 is 0 Å². The van der Waals surface area contributed by atoms with Crippen LogP contribution in [-0.4, -0.2) is 45.8 Å². The third-order valence-electron chi connectivity index (χ3n) is 5.07. The fraction of sp³-hybridized carbons (Fsp3) is 0.286. The summed E-state index contributed by atoms with van der Waals surface area (Å²) < 4.78 is 6.51. The standard InChI is InChI=1S/C21H22N4O3/c1-28-18-11-9-17(10-12-18)25-21(27)22-19(23-25)16-8-5-13-24(14-16)20(26)15-6-3-2-4-7-15/h2-4,6-7,9-12,16H,5,8,13-14H2,1H3,(H,22,23,27). The fourth-order valence-corrected chi connectivity index (χ4v) is 3.57. The van der Waals surface area contributed by atoms with Crippen molar-refractivity contribution in [3.63, 3.8) is 0 Å². The molecule has 1 unspecified atom stereocenters. The number of carbonyl (C=O) groups excluding carboxylic acids is 1. The lowest BCUT2D eigenvalue weighted by Gasteiger charge is -2.31. The molecule has 0 bridgehead atoms. The number of aromatic nitrogens is 3. The number of carbonyl (C=O) groups is 1. The van der Waals surface area contributed by atoms with Crippen LogP contribution in [0.25, 0.3) is 5.69 Å². The lowest BCUT2D eigenvalue weighted by molar-refractivity contribution is 0.0704. The molecule has 2 heterocycles. The van der Waals surface area contributed by atoms with Crippen LogP contribution in [0, 0.1) is 0 Å². The molecular weight excluding hydrogens is 356 g/mol. The van der Waals surface area contributed by atoms with Gasteiger partial charge in [0.05, 0.1) is 12.8 Å². The number of piperidine rings is 1. The zero-order chi connectivity index (χ0) is 19.5. The van der Waals surface area contributed by atoms with Crippen LogP contribution in [0.5, 0.6) is 5.75 Å². The molecule has 4 rings (SSSR count). The maximum atomic E-state index is 12.7. The average Bonchev–Trinajstić information content (AvgIpc) is 3.15. The van der Waals surface area contributed by atoms with E-state index < -0.39 is 0 Å². The highest BCUT2D eigenvalue weighted by Crippen LogP contribution is 2.25. The summed E-state index contributed by atoms with van der Waals surface area (Å²) in [6, 6.07) is 16.4. The predicted octanol–water partition coefficient (Wildman–Crippen LogP) is 2.59. The Hall–Kier alpha value is -3.35. The van der Waals surface area contributed by atoms with Gasteiger partial charge < -0.3 is 9.64 Å². The maximum Gasteiger partial charge on any atom is 0.348 e. The number of rotatable bonds is 4. The second-order valence-corrected chi connectivity index (χ2v) is 6.88. The highest BCUT2D eigenvalue weighted by Gasteiger charge is 2.28. The summed E-state index contributed by atoms with van der Waals surface area (Å²) in [6.45, 7) is 1.26. The van der Waals surface area contributed by atoms with Gasteiger partial charge in [-0.05, 0) is 49.2 Å². The molecule has 3 aromatic rings. The van der Waals surface area contributed by atoms with E-state index in [1.165, 1.54) is 4.68 Å². The Morgan fingerprint density at radius 1 is 1.14 bits per heavy atom. The minimum atomic E-state index is -0.285. The van der Waals surface area contributed by atoms with Crippen LogP contribution in [0.3, 0.4) is 0 Å². The molecule has 1 saturated heterocycles. The van der Waals surface area contributed by atoms with Gasteiger partial charge in [-0.2, -0.15) is 4.68 Å². The van der Waals surface area contributed by atoms with Gasteiger partial charge in [-0.3, -0.25) is 9.78 Å². The molecule has 0 spiro atoms. The van der Waals surface area contributed by atoms with E-state index in [-0.39, 0.29) is 17.5 Å². The number of aromatic amines is 1. The van der Waals surface area contributed by atoms with Crippen molar-refractivity contribution in [2.75, 3.05) is 20.2 Å². The normalized spacial score (nSPS) is 16.8. The largest absolute Gasteiger partial charge is 0.497 e. The Morgan fingerprint density at radius 3 is 2.61 bits per heavy atom. The molecule has 1 amide bonds. The summed E-state index contributed by atoms with van der Waals surface area (Å²) in [5.74, 6) is 1.36. The molecule has 1 atom stereocenters. The van der Waals surface area contributed by atoms with Crippen LogP contribution in [0.15, 0.2) is 59.4 Å². The minimum absolute atomic E-state index is 0.00797. The molecule has 1 N–H and O–H groups in total. The number of nitrogens with one attached hydrogen (secondary N) is 1. The molecule has 0 saturated carbocycles. The van der Waals surface area contributed by atoms with E-state index in [1.807, 2.05) is 35.2 Å². The maximum absolute atomic E-state index is 12.7. The number of nitrogens with zero attached hydrogens (tertiary/aromatic N) is 3. The van der Waals surface area contributed by atoms with Gasteiger partial charge in [0.2, 0.25) is 0 Å². The number of ether oxygens (including phenoxy) is 1. The highest BCUT2D eigenvalue weighted by atomic mass is 16.5. The van der Waals surface area contributed by atoms with Crippen molar-refractivity contribution in [3.8, 4) is 11.4 Å². The first kappa shape index (κ1) is 18.0. The SMILES string of the molecule is COc1ccc(-n2nc(C3CCCN(C(=O)c4ccccc4)C3)[nH]c2=O)cc1. The van der Waals surface area contributed by atoms with E-state index in [0.29, 0.717) is 30.2 Å². The first-order valence-electron chi connectivity index (χ1n) is 9.33. The van der Waals surface area contributed by atoms with E-state index in [4.69, 9.17) is 4.74 Å². The highest BCUT2D eigenvalue weighted by molar-refractivity contribution is 5.94. The summed E-state index contributed by atoms with van der Waals surface area (Å²) >= 11 is 0. The number of hydrogen-bond acceptors (Lipinski definition) is 4. The number of methoxy groups -OCH3 is 1. The topological polar surface area (TPSA) is 80.2 Å². The van der Waals surface area contributed by atoms with Crippen molar-refractivity contribution in [3.05, 3.63) is 76.5 Å². The predicted molar refractivity (Wildman–Crippen MR) is 105 cm³/mol. The van der Waals surface area contributed by atoms with Crippen LogP contribution < -0.4 is 10.4 Å². The summed E-state index contributed by atoms with van der Waals surface area (Å²) in [7, 11) is 1.60.